The van der Waals surface area contributed by atoms with Crippen LogP contribution in [0.25, 0.3) is 16.8 Å². The van der Waals surface area contributed by atoms with Crippen molar-refractivity contribution < 1.29 is 60.7 Å². The molecule has 1 N–H and O–H groups in total. The number of nitrogens with one attached hydrogen (secondary N) is 1. The van der Waals surface area contributed by atoms with Gasteiger partial charge in [0.2, 0.25) is 5.91 Å². The molecule has 2 aromatic carbocycles. The fourth-order valence-corrected chi connectivity index (χ4v) is 2.74. The molecule has 2 heterocycles. The summed E-state index contributed by atoms with van der Waals surface area (Å²) in [4.78, 5) is 15.7. The minimum absolute atomic E-state index is 0. The van der Waals surface area contributed by atoms with Crippen LogP contribution in [0.1, 0.15) is 17.8 Å². The summed E-state index contributed by atoms with van der Waals surface area (Å²) in [7, 11) is 0. The number of carbonyl (C=O) groups excluding carboxylic acids is 1. The minimum atomic E-state index is 0. The van der Waals surface area contributed by atoms with Gasteiger partial charge in [0.25, 0.3) is 5.89 Å². The van der Waals surface area contributed by atoms with E-state index in [9.17, 15) is 4.79 Å². The number of aromatic nitrogens is 2. The summed E-state index contributed by atoms with van der Waals surface area (Å²) in [5.74, 6) is 1.10. The summed E-state index contributed by atoms with van der Waals surface area (Å²) < 4.78 is 5.26. The second-order valence-electron chi connectivity index (χ2n) is 5.67. The molecule has 0 fully saturated rings. The molecule has 1 aliphatic heterocycles. The van der Waals surface area contributed by atoms with Crippen LogP contribution in [0, 0.1) is 6.92 Å². The van der Waals surface area contributed by atoms with E-state index in [1.54, 1.807) is 6.92 Å². The third-order valence-corrected chi connectivity index (χ3v) is 3.90. The van der Waals surface area contributed by atoms with E-state index in [0.29, 0.717) is 18.1 Å². The van der Waals surface area contributed by atoms with Gasteiger partial charge in [-0.05, 0) is 25.0 Å². The van der Waals surface area contributed by atoms with Crippen LogP contribution in [0.5, 0.6) is 0 Å². The van der Waals surface area contributed by atoms with Crippen LogP contribution in [-0.2, 0) is 11.2 Å². The van der Waals surface area contributed by atoms with Crippen molar-refractivity contribution in [2.75, 3.05) is 5.32 Å². The molecular weight excluding hydrogens is 343 g/mol. The van der Waals surface area contributed by atoms with Gasteiger partial charge in [-0.3, -0.25) is 4.79 Å². The quantitative estimate of drug-likeness (QED) is 0.715. The van der Waals surface area contributed by atoms with Crippen molar-refractivity contribution >= 4 is 23.0 Å². The van der Waals surface area contributed by atoms with E-state index < -0.39 is 0 Å². The second-order valence-corrected chi connectivity index (χ2v) is 5.67. The van der Waals surface area contributed by atoms with Crippen LogP contribution in [0.2, 0.25) is 0 Å². The van der Waals surface area contributed by atoms with Crippen molar-refractivity contribution in [3.8, 4) is 11.5 Å². The van der Waals surface area contributed by atoms with Crippen LogP contribution in [0.3, 0.4) is 0 Å². The van der Waals surface area contributed by atoms with Crippen molar-refractivity contribution in [2.24, 2.45) is 0 Å². The maximum absolute atomic E-state index is 11.4. The number of aryl methyl sites for hydroxylation is 2. The summed E-state index contributed by atoms with van der Waals surface area (Å²) in [6.45, 7) is 1.78. The first-order valence-electron chi connectivity index (χ1n) is 7.73. The molecule has 0 radical (unpaired) electrons. The van der Waals surface area contributed by atoms with E-state index in [1.807, 2.05) is 42.5 Å². The van der Waals surface area contributed by atoms with Crippen LogP contribution in [-0.4, -0.2) is 16.0 Å². The number of fused-ring (bicyclic) bond motifs is 1. The number of hydrogen-bond acceptors (Lipinski definition) is 4. The summed E-state index contributed by atoms with van der Waals surface area (Å²) in [5.41, 5.74) is 4.35. The average Bonchev–Trinajstić information content (AvgIpc) is 3.02. The molecule has 120 valence electrons. The first-order chi connectivity index (χ1) is 11.7. The van der Waals surface area contributed by atoms with Gasteiger partial charge in [-0.2, -0.15) is 4.98 Å². The Kier molecular flexibility index (Phi) is 5.70. The Morgan fingerprint density at radius 3 is 2.80 bits per heavy atom. The van der Waals surface area contributed by atoms with Crippen molar-refractivity contribution in [3.63, 3.8) is 0 Å². The summed E-state index contributed by atoms with van der Waals surface area (Å²) in [5, 5.41) is 11.4. The molecule has 0 saturated carbocycles. The number of anilines is 1. The predicted molar refractivity (Wildman–Crippen MR) is 90.5 cm³/mol. The fourth-order valence-electron chi connectivity index (χ4n) is 2.74. The second kappa shape index (κ2) is 7.80. The normalized spacial score (nSPS) is 12.8. The van der Waals surface area contributed by atoms with E-state index >= 15 is 0 Å². The minimum Gasteiger partial charge on any atom is -0.657 e. The molecule has 6 nitrogen and oxygen atoms in total. The van der Waals surface area contributed by atoms with Gasteiger partial charge in [0, 0.05) is 17.7 Å². The van der Waals surface area contributed by atoms with Gasteiger partial charge in [-0.25, -0.2) is 0 Å². The third-order valence-electron chi connectivity index (χ3n) is 3.90. The molecule has 0 aliphatic carbocycles. The summed E-state index contributed by atoms with van der Waals surface area (Å²) in [6, 6.07) is 13.4. The molecular formula is C18H15KN4O2. The maximum Gasteiger partial charge on any atom is 1.00 e. The Hall–Kier alpha value is -1.51. The zero-order chi connectivity index (χ0) is 16.5. The van der Waals surface area contributed by atoms with Crippen LogP contribution >= 0.6 is 0 Å². The van der Waals surface area contributed by atoms with Gasteiger partial charge in [-0.1, -0.05) is 41.6 Å². The Labute approximate surface area is 187 Å². The van der Waals surface area contributed by atoms with Crippen molar-refractivity contribution in [1.82, 2.24) is 10.1 Å². The van der Waals surface area contributed by atoms with E-state index in [1.165, 1.54) is 0 Å². The van der Waals surface area contributed by atoms with Crippen LogP contribution < -0.4 is 56.7 Å². The van der Waals surface area contributed by atoms with E-state index in [2.05, 4.69) is 15.5 Å². The number of amides is 1. The van der Waals surface area contributed by atoms with Crippen LogP contribution in [0.4, 0.5) is 17.1 Å². The Morgan fingerprint density at radius 1 is 1.16 bits per heavy atom. The van der Waals surface area contributed by atoms with Gasteiger partial charge >= 0.3 is 51.4 Å². The Bertz CT molecular complexity index is 923. The zero-order valence-electron chi connectivity index (χ0n) is 14.1. The van der Waals surface area contributed by atoms with E-state index in [4.69, 9.17) is 9.84 Å². The zero-order valence-corrected chi connectivity index (χ0v) is 17.2. The number of benzene rings is 2. The van der Waals surface area contributed by atoms with Crippen LogP contribution in [0.15, 0.2) is 47.0 Å². The topological polar surface area (TPSA) is 82.1 Å². The average molecular weight is 358 g/mol. The Morgan fingerprint density at radius 2 is 2.00 bits per heavy atom. The molecule has 1 aliphatic rings. The first-order valence-corrected chi connectivity index (χ1v) is 7.73. The van der Waals surface area contributed by atoms with E-state index in [0.717, 1.165) is 34.6 Å². The van der Waals surface area contributed by atoms with Crippen molar-refractivity contribution in [3.05, 3.63) is 59.2 Å². The molecule has 0 spiro atoms. The van der Waals surface area contributed by atoms with Gasteiger partial charge in [0.05, 0.1) is 0 Å². The molecule has 0 unspecified atom stereocenters. The monoisotopic (exact) mass is 358 g/mol. The molecule has 0 atom stereocenters. The van der Waals surface area contributed by atoms with Gasteiger partial charge < -0.3 is 15.2 Å². The number of rotatable bonds is 3. The molecule has 0 bridgehead atoms. The number of carbonyl (C=O) groups is 1. The number of hydrogen-bond donors (Lipinski definition) is 1. The molecule has 3 aromatic rings. The standard InChI is InChI=1S/C18H16N4O2.K/c1-11-19-18(24-22-11)14-4-2-3-5-16(14)20-13-7-8-15-12(10-13)6-9-17(23)21-15;/h2-5,7-8,10H,6,9H2,1H3,(H2,19,20,21,22,23);/q;+1/p-1. The largest absolute Gasteiger partial charge is 1.00 e. The summed E-state index contributed by atoms with van der Waals surface area (Å²) >= 11 is 0. The molecule has 25 heavy (non-hydrogen) atoms. The third kappa shape index (κ3) is 4.01. The molecule has 1 amide bonds. The number of nitrogens with zero attached hydrogens (tertiary/aromatic N) is 3. The Balaban J connectivity index is 0.00000182. The molecule has 0 saturated heterocycles. The van der Waals surface area contributed by atoms with Gasteiger partial charge in [-0.15, -0.1) is 11.4 Å². The SMILES string of the molecule is Cc1noc(-c2ccccc2[N-]c2ccc3c(c2)CCC(=O)N3)n1.[K+]. The molecule has 7 heteroatoms. The van der Waals surface area contributed by atoms with Gasteiger partial charge in [0.15, 0.2) is 5.82 Å². The maximum atomic E-state index is 11.4. The smallest absolute Gasteiger partial charge is 0.657 e. The first kappa shape index (κ1) is 18.3. The number of para-hydroxylation sites is 1. The summed E-state index contributed by atoms with van der Waals surface area (Å²) in [6.07, 6.45) is 1.24. The molecule has 1 aromatic heterocycles. The van der Waals surface area contributed by atoms with Gasteiger partial charge in [0.1, 0.15) is 0 Å². The van der Waals surface area contributed by atoms with Crippen molar-refractivity contribution in [1.29, 1.82) is 0 Å². The predicted octanol–water partition coefficient (Wildman–Crippen LogP) is 1.27. The molecule has 4 rings (SSSR count). The fraction of sp³-hybridized carbons (Fsp3) is 0.167. The van der Waals surface area contributed by atoms with Crippen molar-refractivity contribution in [2.45, 2.75) is 19.8 Å². The van der Waals surface area contributed by atoms with E-state index in [-0.39, 0.29) is 57.3 Å².